The van der Waals surface area contributed by atoms with E-state index in [1.807, 2.05) is 32.0 Å². The first-order valence-electron chi connectivity index (χ1n) is 19.5. The molecule has 0 aromatic carbocycles. The third kappa shape index (κ3) is 63.5. The van der Waals surface area contributed by atoms with Gasteiger partial charge in [0.1, 0.15) is 0 Å². The van der Waals surface area contributed by atoms with Gasteiger partial charge in [-0.15, -0.1) is 18.9 Å². The van der Waals surface area contributed by atoms with Crippen molar-refractivity contribution in [2.45, 2.75) is 163 Å². The monoisotopic (exact) mass is 980 g/mol. The molecule has 1 unspecified atom stereocenters. The van der Waals surface area contributed by atoms with Gasteiger partial charge in [-0.25, -0.2) is 4.98 Å². The van der Waals surface area contributed by atoms with E-state index in [0.717, 1.165) is 28.0 Å². The van der Waals surface area contributed by atoms with E-state index < -0.39 is 59.2 Å². The number of hydrogen-bond acceptors (Lipinski definition) is 6. The van der Waals surface area contributed by atoms with Crippen molar-refractivity contribution >= 4 is 91.1 Å². The second-order valence-corrected chi connectivity index (χ2v) is 53.1. The van der Waals surface area contributed by atoms with Gasteiger partial charge in [-0.05, 0) is 84.9 Å². The van der Waals surface area contributed by atoms with E-state index >= 15 is 0 Å². The molecule has 0 fully saturated rings. The van der Waals surface area contributed by atoms with Crippen LogP contribution >= 0.6 is 0 Å². The fourth-order valence-corrected chi connectivity index (χ4v) is 18.1. The van der Waals surface area contributed by atoms with Crippen molar-refractivity contribution in [3.05, 3.63) is 61.9 Å². The molecule has 0 aliphatic carbocycles. The standard InChI is InChI=1S/C11H15N3.C7H22O2Si3.C5H11OSi.2C5H16Si2.C5H12Si.CH4.CH3.Co/c1-8(12-3)10-6-5-7-11(14-10)9(2)13-4;1-10(8-11(2,3)4)9-12(5,6)7;1-4-5-6-7(2)3;1-7(2,3)5-4-6;1-5(6)7(2,3)4;1-5-6(2,3)4;;;/h5-7H,1-4H3;10H,1-7H3;4H,1,5H2,2-3H3;4-5H2,1-3,6H3;5H,1-4,6H3;5H,1H2,2-4H3;1H4;1H3;/q;;;;;;;-1;. The Hall–Kier alpha value is 0.308. The zero-order chi connectivity index (χ0) is 43.4. The predicted octanol–water partition coefficient (Wildman–Crippen LogP) is 11.2. The molecule has 1 rings (SSSR count). The molecule has 1 aromatic heterocycles. The first-order valence-corrected chi connectivity index (χ1v) is 44.3. The van der Waals surface area contributed by atoms with Crippen molar-refractivity contribution in [3.8, 4) is 0 Å². The van der Waals surface area contributed by atoms with E-state index in [-0.39, 0.29) is 31.6 Å². The van der Waals surface area contributed by atoms with E-state index in [1.165, 1.54) is 26.5 Å². The Morgan fingerprint density at radius 1 is 0.839 bits per heavy atom. The molecule has 0 spiro atoms. The van der Waals surface area contributed by atoms with Gasteiger partial charge in [0.25, 0.3) is 9.28 Å². The van der Waals surface area contributed by atoms with Crippen molar-refractivity contribution < 1.29 is 29.4 Å². The SMILES string of the molecule is C.C=CCO[Si](C)C.C=C[Si](C)(C)C.CC([SiH3])[Si](C)(C)C.CN=C(C)c1cccc(C(C)=NC)n1.C[SiH](O[Si](C)(C)C)O[Si](C)(C)C.C[Si](C)(C)CC[SiH3].[CH3-].[Co]. The van der Waals surface area contributed by atoms with Crippen LogP contribution in [0.2, 0.25) is 135 Å². The van der Waals surface area contributed by atoms with Gasteiger partial charge in [0.2, 0.25) is 9.04 Å². The summed E-state index contributed by atoms with van der Waals surface area (Å²) in [6.07, 6.45) is 1.78. The van der Waals surface area contributed by atoms with E-state index in [4.69, 9.17) is 12.7 Å². The number of rotatable bonds is 13. The second-order valence-electron chi connectivity index (χ2n) is 19.0. The second kappa shape index (κ2) is 38.2. The predicted molar refractivity (Wildman–Crippen MR) is 288 cm³/mol. The molecule has 0 saturated heterocycles. The Balaban J connectivity index is -0.0000000841. The maximum atomic E-state index is 5.90. The van der Waals surface area contributed by atoms with Crippen molar-refractivity contribution in [1.29, 1.82) is 0 Å². The van der Waals surface area contributed by atoms with Crippen LogP contribution in [-0.2, 0) is 29.4 Å². The van der Waals surface area contributed by atoms with Gasteiger partial charge in [-0.2, -0.15) is 0 Å². The Labute approximate surface area is 378 Å². The summed E-state index contributed by atoms with van der Waals surface area (Å²) in [5, 5.41) is 1.08. The molecule has 0 amide bonds. The van der Waals surface area contributed by atoms with Crippen LogP contribution in [0.15, 0.2) is 53.1 Å². The smallest absolute Gasteiger partial charge is 0.297 e. The summed E-state index contributed by atoms with van der Waals surface area (Å²) in [6, 6.07) is 8.93. The van der Waals surface area contributed by atoms with Crippen molar-refractivity contribution in [1.82, 2.24) is 4.98 Å². The van der Waals surface area contributed by atoms with E-state index in [2.05, 4.69) is 159 Å². The molecule has 56 heavy (non-hydrogen) atoms. The summed E-state index contributed by atoms with van der Waals surface area (Å²) in [7, 11) is -0.351. The van der Waals surface area contributed by atoms with Crippen LogP contribution in [0.5, 0.6) is 0 Å². The van der Waals surface area contributed by atoms with Gasteiger partial charge in [0.15, 0.2) is 16.6 Å². The van der Waals surface area contributed by atoms with E-state index in [0.29, 0.717) is 6.61 Å². The first-order chi connectivity index (χ1) is 23.6. The fourth-order valence-electron chi connectivity index (χ4n) is 3.06. The average molecular weight is 982 g/mol. The maximum absolute atomic E-state index is 5.90. The number of pyridine rings is 1. The Kier molecular flexibility index (Phi) is 50.4. The van der Waals surface area contributed by atoms with Crippen LogP contribution in [-0.4, -0.2) is 117 Å². The van der Waals surface area contributed by atoms with Crippen LogP contribution < -0.4 is 0 Å². The van der Waals surface area contributed by atoms with E-state index in [1.54, 1.807) is 26.2 Å². The third-order valence-corrected chi connectivity index (χ3v) is 29.5. The summed E-state index contributed by atoms with van der Waals surface area (Å²) in [4.78, 5) is 12.7. The first kappa shape index (κ1) is 73.8. The van der Waals surface area contributed by atoms with Crippen LogP contribution in [0.1, 0.15) is 39.6 Å². The molecular weight excluding hydrogens is 882 g/mol. The molecule has 0 bridgehead atoms. The van der Waals surface area contributed by atoms with Crippen LogP contribution in [0.3, 0.4) is 0 Å². The van der Waals surface area contributed by atoms with Crippen molar-refractivity contribution in [2.24, 2.45) is 9.98 Å². The van der Waals surface area contributed by atoms with E-state index in [9.17, 15) is 0 Å². The molecule has 1 aromatic rings. The molecule has 0 N–H and O–H groups in total. The Morgan fingerprint density at radius 3 is 1.30 bits per heavy atom. The minimum atomic E-state index is -1.36. The van der Waals surface area contributed by atoms with Gasteiger partial charge < -0.3 is 20.1 Å². The number of nitrogens with zero attached hydrogens (tertiary/aromatic N) is 3. The quantitative estimate of drug-likeness (QED) is 0.0855. The third-order valence-electron chi connectivity index (χ3n) is 7.03. The molecular formula is C40H99CoN3O3Si9-. The zero-order valence-electron chi connectivity index (χ0n) is 41.5. The molecule has 6 nitrogen and oxygen atoms in total. The van der Waals surface area contributed by atoms with Gasteiger partial charge in [0.05, 0.1) is 37.5 Å². The summed E-state index contributed by atoms with van der Waals surface area (Å²) in [5.41, 5.74) is 5.78. The van der Waals surface area contributed by atoms with Gasteiger partial charge in [0, 0.05) is 67.5 Å². The molecule has 1 heterocycles. The van der Waals surface area contributed by atoms with Gasteiger partial charge >= 0.3 is 0 Å². The molecule has 0 aliphatic heterocycles. The molecule has 0 aliphatic rings. The molecule has 0 saturated carbocycles. The van der Waals surface area contributed by atoms with Crippen LogP contribution in [0.4, 0.5) is 0 Å². The van der Waals surface area contributed by atoms with Crippen molar-refractivity contribution in [2.75, 3.05) is 20.7 Å². The molecule has 2 radical (unpaired) electrons. The van der Waals surface area contributed by atoms with Gasteiger partial charge in [-0.1, -0.05) is 103 Å². The molecule has 338 valence electrons. The molecule has 16 heteroatoms. The number of aliphatic imine (C=N–C) groups is 2. The Bertz CT molecular complexity index is 1090. The fraction of sp³-hybridized carbons (Fsp3) is 0.700. The molecule has 1 atom stereocenters. The minimum Gasteiger partial charge on any atom is -0.439 e. The van der Waals surface area contributed by atoms with Crippen LogP contribution in [0.25, 0.3) is 0 Å². The Morgan fingerprint density at radius 2 is 1.16 bits per heavy atom. The normalized spacial score (nSPS) is 12.4. The maximum Gasteiger partial charge on any atom is 0.297 e. The number of aromatic nitrogens is 1. The van der Waals surface area contributed by atoms with Crippen molar-refractivity contribution in [3.63, 3.8) is 0 Å². The van der Waals surface area contributed by atoms with Gasteiger partial charge in [-0.3, -0.25) is 9.98 Å². The topological polar surface area (TPSA) is 65.3 Å². The largest absolute Gasteiger partial charge is 0.439 e. The van der Waals surface area contributed by atoms with Crippen LogP contribution in [0, 0.1) is 7.43 Å². The zero-order valence-corrected chi connectivity index (χ0v) is 53.7. The summed E-state index contributed by atoms with van der Waals surface area (Å²) in [5.74, 6) is 0. The minimum absolute atomic E-state index is 0. The summed E-state index contributed by atoms with van der Waals surface area (Å²) in [6.45, 7) is 55.2. The summed E-state index contributed by atoms with van der Waals surface area (Å²) >= 11 is 0. The summed E-state index contributed by atoms with van der Waals surface area (Å²) < 4.78 is 17.0. The number of hydrogen-bond donors (Lipinski definition) is 0. The average Bonchev–Trinajstić information content (AvgIpc) is 2.97.